The Kier molecular flexibility index (Phi) is 3.85. The number of benzene rings is 1. The molecule has 0 aliphatic heterocycles. The number of fused-ring (bicyclic) bond motifs is 1. The van der Waals surface area contributed by atoms with E-state index in [0.717, 1.165) is 13.0 Å². The molecule has 0 spiro atoms. The third-order valence-corrected chi connectivity index (χ3v) is 3.41. The van der Waals surface area contributed by atoms with E-state index in [9.17, 15) is 0 Å². The van der Waals surface area contributed by atoms with Crippen LogP contribution in [0.3, 0.4) is 0 Å². The maximum absolute atomic E-state index is 6.26. The topological polar surface area (TPSA) is 35.2 Å². The van der Waals surface area contributed by atoms with Crippen LogP contribution in [-0.4, -0.2) is 18.8 Å². The molecule has 2 rings (SSSR count). The average molecular weight is 233 g/mol. The van der Waals surface area contributed by atoms with Crippen LogP contribution >= 0.6 is 0 Å². The van der Waals surface area contributed by atoms with Gasteiger partial charge in [0.05, 0.1) is 6.61 Å². The summed E-state index contributed by atoms with van der Waals surface area (Å²) in [5.74, 6) is 0. The number of nitrogens with two attached hydrogens (primary N) is 1. The Labute approximate surface area is 104 Å². The molecule has 1 atom stereocenters. The molecule has 0 bridgehead atoms. The molecule has 0 aromatic heterocycles. The van der Waals surface area contributed by atoms with E-state index >= 15 is 0 Å². The minimum Gasteiger partial charge on any atom is -0.380 e. The van der Waals surface area contributed by atoms with Crippen molar-refractivity contribution in [3.63, 3.8) is 0 Å². The maximum Gasteiger partial charge on any atom is 0.0646 e. The van der Waals surface area contributed by atoms with Crippen molar-refractivity contribution in [3.05, 3.63) is 34.9 Å². The first-order valence-electron chi connectivity index (χ1n) is 6.58. The van der Waals surface area contributed by atoms with E-state index in [-0.39, 0.29) is 5.54 Å². The fourth-order valence-electron chi connectivity index (χ4n) is 2.59. The lowest BCUT2D eigenvalue weighted by Crippen LogP contribution is -2.43. The standard InChI is InChI=1S/C15H23NO/c1-3-17-11-15(2,16)10-12-7-8-13-5-4-6-14(13)9-12/h7-9H,3-6,10-11,16H2,1-2H3. The molecule has 17 heavy (non-hydrogen) atoms. The summed E-state index contributed by atoms with van der Waals surface area (Å²) in [6.45, 7) is 5.43. The molecule has 2 heteroatoms. The Bertz CT molecular complexity index is 385. The molecule has 0 amide bonds. The summed E-state index contributed by atoms with van der Waals surface area (Å²) in [7, 11) is 0. The molecule has 0 heterocycles. The Morgan fingerprint density at radius 3 is 2.82 bits per heavy atom. The third-order valence-electron chi connectivity index (χ3n) is 3.41. The second-order valence-electron chi connectivity index (χ2n) is 5.42. The fourth-order valence-corrected chi connectivity index (χ4v) is 2.59. The second kappa shape index (κ2) is 5.19. The van der Waals surface area contributed by atoms with Crippen molar-refractivity contribution in [2.24, 2.45) is 5.73 Å². The second-order valence-corrected chi connectivity index (χ2v) is 5.42. The summed E-state index contributed by atoms with van der Waals surface area (Å²) in [5.41, 5.74) is 10.4. The van der Waals surface area contributed by atoms with E-state index in [1.54, 1.807) is 0 Å². The molecular weight excluding hydrogens is 210 g/mol. The average Bonchev–Trinajstić information content (AvgIpc) is 2.73. The molecule has 2 N–H and O–H groups in total. The maximum atomic E-state index is 6.26. The third kappa shape index (κ3) is 3.30. The molecule has 1 aromatic carbocycles. The highest BCUT2D eigenvalue weighted by Gasteiger charge is 2.20. The molecule has 0 saturated carbocycles. The predicted octanol–water partition coefficient (Wildman–Crippen LogP) is 2.47. The van der Waals surface area contributed by atoms with Crippen molar-refractivity contribution in [2.45, 2.75) is 45.1 Å². The van der Waals surface area contributed by atoms with E-state index in [2.05, 4.69) is 25.1 Å². The van der Waals surface area contributed by atoms with Crippen LogP contribution in [0.25, 0.3) is 0 Å². The van der Waals surface area contributed by atoms with Gasteiger partial charge in [0.25, 0.3) is 0 Å². The zero-order chi connectivity index (χ0) is 12.3. The van der Waals surface area contributed by atoms with Crippen LogP contribution in [-0.2, 0) is 24.0 Å². The normalized spacial score (nSPS) is 17.8. The van der Waals surface area contributed by atoms with E-state index in [4.69, 9.17) is 10.5 Å². The van der Waals surface area contributed by atoms with E-state index < -0.39 is 0 Å². The highest BCUT2D eigenvalue weighted by molar-refractivity contribution is 5.35. The van der Waals surface area contributed by atoms with Crippen molar-refractivity contribution in [2.75, 3.05) is 13.2 Å². The van der Waals surface area contributed by atoms with Crippen molar-refractivity contribution in [1.29, 1.82) is 0 Å². The van der Waals surface area contributed by atoms with Crippen LogP contribution in [0, 0.1) is 0 Å². The Hall–Kier alpha value is -0.860. The van der Waals surface area contributed by atoms with Crippen molar-refractivity contribution < 1.29 is 4.74 Å². The lowest BCUT2D eigenvalue weighted by atomic mass is 9.93. The van der Waals surface area contributed by atoms with Gasteiger partial charge in [-0.25, -0.2) is 0 Å². The molecule has 0 radical (unpaired) electrons. The zero-order valence-electron chi connectivity index (χ0n) is 11.0. The fraction of sp³-hybridized carbons (Fsp3) is 0.600. The van der Waals surface area contributed by atoms with Crippen LogP contribution in [0.15, 0.2) is 18.2 Å². The molecule has 1 aromatic rings. The van der Waals surface area contributed by atoms with Gasteiger partial charge in [-0.3, -0.25) is 0 Å². The molecule has 1 aliphatic rings. The van der Waals surface area contributed by atoms with Gasteiger partial charge in [-0.05, 0) is 56.2 Å². The summed E-state index contributed by atoms with van der Waals surface area (Å²) in [4.78, 5) is 0. The Balaban J connectivity index is 2.03. The van der Waals surface area contributed by atoms with Gasteiger partial charge in [-0.15, -0.1) is 0 Å². The summed E-state index contributed by atoms with van der Waals surface area (Å²) >= 11 is 0. The number of hydrogen-bond donors (Lipinski definition) is 1. The molecule has 0 saturated heterocycles. The van der Waals surface area contributed by atoms with Crippen LogP contribution in [0.2, 0.25) is 0 Å². The molecule has 94 valence electrons. The number of aryl methyl sites for hydroxylation is 2. The SMILES string of the molecule is CCOCC(C)(N)Cc1ccc2c(c1)CCC2. The Morgan fingerprint density at radius 1 is 1.29 bits per heavy atom. The van der Waals surface area contributed by atoms with Gasteiger partial charge >= 0.3 is 0 Å². The van der Waals surface area contributed by atoms with Crippen molar-refractivity contribution >= 4 is 0 Å². The van der Waals surface area contributed by atoms with E-state index in [0.29, 0.717) is 6.61 Å². The van der Waals surface area contributed by atoms with Gasteiger partial charge in [0.1, 0.15) is 0 Å². The van der Waals surface area contributed by atoms with Gasteiger partial charge in [-0.2, -0.15) is 0 Å². The van der Waals surface area contributed by atoms with Gasteiger partial charge in [0, 0.05) is 12.1 Å². The lowest BCUT2D eigenvalue weighted by molar-refractivity contribution is 0.101. The van der Waals surface area contributed by atoms with Crippen LogP contribution in [0.4, 0.5) is 0 Å². The quantitative estimate of drug-likeness (QED) is 0.848. The van der Waals surface area contributed by atoms with E-state index in [1.165, 1.54) is 36.0 Å². The summed E-state index contributed by atoms with van der Waals surface area (Å²) in [6, 6.07) is 6.83. The van der Waals surface area contributed by atoms with Gasteiger partial charge in [0.2, 0.25) is 0 Å². The molecule has 0 fully saturated rings. The van der Waals surface area contributed by atoms with Crippen LogP contribution in [0.1, 0.15) is 37.0 Å². The molecule has 1 unspecified atom stereocenters. The predicted molar refractivity (Wildman–Crippen MR) is 71.3 cm³/mol. The summed E-state index contributed by atoms with van der Waals surface area (Å²) in [5, 5.41) is 0. The molecule has 1 aliphatic carbocycles. The number of rotatable bonds is 5. The number of hydrogen-bond acceptors (Lipinski definition) is 2. The van der Waals surface area contributed by atoms with Crippen LogP contribution < -0.4 is 5.73 Å². The van der Waals surface area contributed by atoms with E-state index in [1.807, 2.05) is 6.92 Å². The largest absolute Gasteiger partial charge is 0.380 e. The first-order valence-corrected chi connectivity index (χ1v) is 6.58. The number of ether oxygens (including phenoxy) is 1. The zero-order valence-corrected chi connectivity index (χ0v) is 11.0. The smallest absolute Gasteiger partial charge is 0.0646 e. The highest BCUT2D eigenvalue weighted by atomic mass is 16.5. The highest BCUT2D eigenvalue weighted by Crippen LogP contribution is 2.24. The Morgan fingerprint density at radius 2 is 2.06 bits per heavy atom. The minimum atomic E-state index is -0.261. The molecular formula is C15H23NO. The van der Waals surface area contributed by atoms with Crippen molar-refractivity contribution in [1.82, 2.24) is 0 Å². The summed E-state index contributed by atoms with van der Waals surface area (Å²) in [6.07, 6.45) is 4.67. The van der Waals surface area contributed by atoms with Crippen LogP contribution in [0.5, 0.6) is 0 Å². The van der Waals surface area contributed by atoms with Gasteiger partial charge < -0.3 is 10.5 Å². The first kappa shape index (κ1) is 12.6. The first-order chi connectivity index (χ1) is 8.11. The van der Waals surface area contributed by atoms with Crippen molar-refractivity contribution in [3.8, 4) is 0 Å². The minimum absolute atomic E-state index is 0.261. The summed E-state index contributed by atoms with van der Waals surface area (Å²) < 4.78 is 5.44. The van der Waals surface area contributed by atoms with Gasteiger partial charge in [-0.1, -0.05) is 18.2 Å². The lowest BCUT2D eigenvalue weighted by Gasteiger charge is -2.24. The monoisotopic (exact) mass is 233 g/mol. The van der Waals surface area contributed by atoms with Gasteiger partial charge in [0.15, 0.2) is 0 Å². The molecule has 2 nitrogen and oxygen atoms in total.